The van der Waals surface area contributed by atoms with E-state index in [0.29, 0.717) is 26.3 Å². The summed E-state index contributed by atoms with van der Waals surface area (Å²) in [6.45, 7) is 3.21. The van der Waals surface area contributed by atoms with Gasteiger partial charge in [0.15, 0.2) is 0 Å². The average Bonchev–Trinajstić information content (AvgIpc) is 2.52. The van der Waals surface area contributed by atoms with Crippen molar-refractivity contribution in [3.05, 3.63) is 35.9 Å². The number of carboxylic acids is 1. The van der Waals surface area contributed by atoms with Gasteiger partial charge in [0.05, 0.1) is 25.7 Å². The van der Waals surface area contributed by atoms with Gasteiger partial charge in [-0.25, -0.2) is 0 Å². The summed E-state index contributed by atoms with van der Waals surface area (Å²) in [4.78, 5) is 24.7. The van der Waals surface area contributed by atoms with Gasteiger partial charge in [0.1, 0.15) is 6.10 Å². The van der Waals surface area contributed by atoms with Crippen LogP contribution in [-0.2, 0) is 25.7 Å². The molecule has 1 aromatic carbocycles. The second-order valence-electron chi connectivity index (χ2n) is 5.31. The smallest absolute Gasteiger partial charge is 0.306 e. The Bertz CT molecular complexity index is 505. The first kappa shape index (κ1) is 16.5. The summed E-state index contributed by atoms with van der Waals surface area (Å²) < 4.78 is 11.0. The van der Waals surface area contributed by atoms with Gasteiger partial charge < -0.3 is 19.5 Å². The molecule has 2 rings (SSSR count). The van der Waals surface area contributed by atoms with Gasteiger partial charge in [0.25, 0.3) is 5.91 Å². The minimum atomic E-state index is -0.923. The molecule has 0 unspecified atom stereocenters. The zero-order chi connectivity index (χ0) is 15.9. The number of carboxylic acid groups (broad SMARTS) is 1. The second-order valence-corrected chi connectivity index (χ2v) is 5.31. The number of benzene rings is 1. The molecule has 0 aromatic heterocycles. The molecule has 1 amide bonds. The minimum Gasteiger partial charge on any atom is -0.481 e. The summed E-state index contributed by atoms with van der Waals surface area (Å²) in [6.07, 6.45) is -1.11. The Morgan fingerprint density at radius 1 is 1.41 bits per heavy atom. The van der Waals surface area contributed by atoms with Gasteiger partial charge in [0.2, 0.25) is 0 Å². The first-order valence-electron chi connectivity index (χ1n) is 7.34. The quantitative estimate of drug-likeness (QED) is 0.857. The molecule has 120 valence electrons. The van der Waals surface area contributed by atoms with Gasteiger partial charge >= 0.3 is 5.97 Å². The van der Waals surface area contributed by atoms with E-state index < -0.39 is 18.2 Å². The molecule has 0 aliphatic carbocycles. The molecule has 2 atom stereocenters. The van der Waals surface area contributed by atoms with Crippen molar-refractivity contribution in [2.75, 3.05) is 19.7 Å². The zero-order valence-corrected chi connectivity index (χ0v) is 12.6. The highest BCUT2D eigenvalue weighted by atomic mass is 16.5. The van der Waals surface area contributed by atoms with Crippen LogP contribution < -0.4 is 0 Å². The molecule has 22 heavy (non-hydrogen) atoms. The fourth-order valence-corrected chi connectivity index (χ4v) is 2.36. The molecule has 1 N–H and O–H groups in total. The Labute approximate surface area is 129 Å². The minimum absolute atomic E-state index is 0.0942. The maximum Gasteiger partial charge on any atom is 0.306 e. The molecular weight excluding hydrogens is 286 g/mol. The van der Waals surface area contributed by atoms with Crippen LogP contribution in [0.15, 0.2) is 30.3 Å². The third kappa shape index (κ3) is 4.82. The number of amides is 1. The first-order valence-corrected chi connectivity index (χ1v) is 7.34. The van der Waals surface area contributed by atoms with Crippen molar-refractivity contribution in [1.29, 1.82) is 0 Å². The predicted molar refractivity (Wildman–Crippen MR) is 79.3 cm³/mol. The molecule has 0 spiro atoms. The van der Waals surface area contributed by atoms with Crippen LogP contribution in [0.4, 0.5) is 0 Å². The number of morpholine rings is 1. The van der Waals surface area contributed by atoms with Crippen LogP contribution in [0.25, 0.3) is 0 Å². The highest BCUT2D eigenvalue weighted by Gasteiger charge is 2.28. The fourth-order valence-electron chi connectivity index (χ4n) is 2.36. The van der Waals surface area contributed by atoms with E-state index in [1.165, 1.54) is 0 Å². The lowest BCUT2D eigenvalue weighted by atomic mass is 10.2. The highest BCUT2D eigenvalue weighted by molar-refractivity contribution is 5.80. The van der Waals surface area contributed by atoms with Gasteiger partial charge in [-0.05, 0) is 12.5 Å². The monoisotopic (exact) mass is 307 g/mol. The van der Waals surface area contributed by atoms with Gasteiger partial charge in [0, 0.05) is 13.1 Å². The average molecular weight is 307 g/mol. The van der Waals surface area contributed by atoms with Crippen molar-refractivity contribution in [1.82, 2.24) is 4.90 Å². The molecule has 1 aromatic rings. The first-order chi connectivity index (χ1) is 10.6. The number of hydrogen-bond donors (Lipinski definition) is 1. The van der Waals surface area contributed by atoms with E-state index >= 15 is 0 Å². The van der Waals surface area contributed by atoms with Crippen molar-refractivity contribution in [3.8, 4) is 0 Å². The van der Waals surface area contributed by atoms with E-state index in [1.807, 2.05) is 30.3 Å². The lowest BCUT2D eigenvalue weighted by Crippen LogP contribution is -2.49. The molecule has 0 saturated carbocycles. The highest BCUT2D eigenvalue weighted by Crippen LogP contribution is 2.12. The van der Waals surface area contributed by atoms with Gasteiger partial charge in [-0.2, -0.15) is 0 Å². The summed E-state index contributed by atoms with van der Waals surface area (Å²) in [5.41, 5.74) is 1.01. The number of ether oxygens (including phenoxy) is 2. The van der Waals surface area contributed by atoms with E-state index in [9.17, 15) is 9.59 Å². The molecule has 1 heterocycles. The zero-order valence-electron chi connectivity index (χ0n) is 12.6. The Morgan fingerprint density at radius 2 is 2.14 bits per heavy atom. The molecule has 1 fully saturated rings. The standard InChI is InChI=1S/C16H21NO5/c1-12(22-11-13-5-3-2-4-6-13)16(20)17-7-8-21-14(10-17)9-15(18)19/h2-6,12,14H,7-11H2,1H3,(H,18,19)/t12-,14+/m0/s1. The van der Waals surface area contributed by atoms with E-state index in [0.717, 1.165) is 5.56 Å². The van der Waals surface area contributed by atoms with Crippen molar-refractivity contribution in [2.24, 2.45) is 0 Å². The number of aliphatic carboxylic acids is 1. The van der Waals surface area contributed by atoms with Gasteiger partial charge in [-0.1, -0.05) is 30.3 Å². The molecular formula is C16H21NO5. The number of carbonyl (C=O) groups is 2. The lowest BCUT2D eigenvalue weighted by Gasteiger charge is -2.33. The van der Waals surface area contributed by atoms with Crippen LogP contribution in [0.2, 0.25) is 0 Å². The lowest BCUT2D eigenvalue weighted by molar-refractivity contribution is -0.154. The van der Waals surface area contributed by atoms with Crippen molar-refractivity contribution >= 4 is 11.9 Å². The van der Waals surface area contributed by atoms with E-state index in [-0.39, 0.29) is 12.3 Å². The number of hydrogen-bond acceptors (Lipinski definition) is 4. The molecule has 0 radical (unpaired) electrons. The summed E-state index contributed by atoms with van der Waals surface area (Å²) in [7, 11) is 0. The number of carbonyl (C=O) groups excluding carboxylic acids is 1. The fraction of sp³-hybridized carbons (Fsp3) is 0.500. The van der Waals surface area contributed by atoms with E-state index in [4.69, 9.17) is 14.6 Å². The Hall–Kier alpha value is -1.92. The van der Waals surface area contributed by atoms with Crippen LogP contribution in [0.5, 0.6) is 0 Å². The maximum absolute atomic E-state index is 12.3. The predicted octanol–water partition coefficient (Wildman–Crippen LogP) is 1.29. The van der Waals surface area contributed by atoms with Crippen molar-refractivity contribution in [2.45, 2.75) is 32.2 Å². The van der Waals surface area contributed by atoms with E-state index in [1.54, 1.807) is 11.8 Å². The molecule has 6 nitrogen and oxygen atoms in total. The van der Waals surface area contributed by atoms with Gasteiger partial charge in [-0.15, -0.1) is 0 Å². The molecule has 1 saturated heterocycles. The summed E-state index contributed by atoms with van der Waals surface area (Å²) in [5, 5.41) is 8.80. The molecule has 0 bridgehead atoms. The maximum atomic E-state index is 12.3. The summed E-state index contributed by atoms with van der Waals surface area (Å²) >= 11 is 0. The van der Waals surface area contributed by atoms with Crippen LogP contribution in [0.1, 0.15) is 18.9 Å². The van der Waals surface area contributed by atoms with Crippen LogP contribution in [0.3, 0.4) is 0 Å². The van der Waals surface area contributed by atoms with Crippen molar-refractivity contribution in [3.63, 3.8) is 0 Å². The van der Waals surface area contributed by atoms with Gasteiger partial charge in [-0.3, -0.25) is 9.59 Å². The van der Waals surface area contributed by atoms with E-state index in [2.05, 4.69) is 0 Å². The normalized spacial score (nSPS) is 19.7. The Kier molecular flexibility index (Phi) is 5.91. The molecule has 1 aliphatic rings. The SMILES string of the molecule is C[C@H](OCc1ccccc1)C(=O)N1CCO[C@H](CC(=O)O)C1. The largest absolute Gasteiger partial charge is 0.481 e. The van der Waals surface area contributed by atoms with Crippen LogP contribution >= 0.6 is 0 Å². The number of rotatable bonds is 6. The number of nitrogens with zero attached hydrogens (tertiary/aromatic N) is 1. The summed E-state index contributed by atoms with van der Waals surface area (Å²) in [6, 6.07) is 9.64. The van der Waals surface area contributed by atoms with Crippen LogP contribution in [0, 0.1) is 0 Å². The Balaban J connectivity index is 1.83. The summed E-state index contributed by atoms with van der Waals surface area (Å²) in [5.74, 6) is -1.05. The third-order valence-electron chi connectivity index (χ3n) is 3.54. The Morgan fingerprint density at radius 3 is 2.82 bits per heavy atom. The van der Waals surface area contributed by atoms with Crippen molar-refractivity contribution < 1.29 is 24.2 Å². The molecule has 1 aliphatic heterocycles. The second kappa shape index (κ2) is 7.91. The topological polar surface area (TPSA) is 76.1 Å². The third-order valence-corrected chi connectivity index (χ3v) is 3.54. The molecule has 6 heteroatoms. The van der Waals surface area contributed by atoms with Crippen LogP contribution in [-0.4, -0.2) is 53.8 Å².